The third-order valence-corrected chi connectivity index (χ3v) is 4.83. The van der Waals surface area contributed by atoms with Gasteiger partial charge in [-0.1, -0.05) is 57.6 Å². The van der Waals surface area contributed by atoms with Crippen molar-refractivity contribution in [3.63, 3.8) is 0 Å². The Hall–Kier alpha value is -2.10. The summed E-state index contributed by atoms with van der Waals surface area (Å²) in [6.07, 6.45) is 17.3. The van der Waals surface area contributed by atoms with E-state index in [1.807, 2.05) is 12.1 Å². The van der Waals surface area contributed by atoms with Crippen molar-refractivity contribution in [1.82, 2.24) is 0 Å². The van der Waals surface area contributed by atoms with E-state index >= 15 is 0 Å². The number of rotatable bonds is 17. The van der Waals surface area contributed by atoms with Crippen molar-refractivity contribution in [2.75, 3.05) is 18.5 Å². The lowest BCUT2D eigenvalue weighted by molar-refractivity contribution is -0.141. The van der Waals surface area contributed by atoms with Crippen molar-refractivity contribution in [3.05, 3.63) is 42.0 Å². The van der Waals surface area contributed by atoms with Crippen LogP contribution in [0.4, 0.5) is 5.69 Å². The molecule has 1 aromatic carbocycles. The number of benzene rings is 1. The van der Waals surface area contributed by atoms with E-state index in [0.29, 0.717) is 12.2 Å². The van der Waals surface area contributed by atoms with E-state index < -0.39 is 5.97 Å². The fourth-order valence-electron chi connectivity index (χ4n) is 3.13. The molecule has 4 heteroatoms. The summed E-state index contributed by atoms with van der Waals surface area (Å²) >= 11 is 0. The van der Waals surface area contributed by atoms with Crippen molar-refractivity contribution in [2.45, 2.75) is 84.5 Å². The standard InChI is InChI=1S/C25H39NO3/c1-3-5-6-7-8-9-10-11-12-13-14-15-20-26-23-18-16-22(17-19-23)24(27)21-25(28)29-4-2/h12-13,16-19,26H,3-11,14-15,20-21H2,1-2H3/b13-12+. The summed E-state index contributed by atoms with van der Waals surface area (Å²) in [5.74, 6) is -0.680. The fourth-order valence-corrected chi connectivity index (χ4v) is 3.13. The number of hydrogen-bond donors (Lipinski definition) is 1. The summed E-state index contributed by atoms with van der Waals surface area (Å²) in [7, 11) is 0. The molecule has 162 valence electrons. The fraction of sp³-hybridized carbons (Fsp3) is 0.600. The minimum atomic E-state index is -0.472. The van der Waals surface area contributed by atoms with Crippen molar-refractivity contribution >= 4 is 17.4 Å². The molecule has 0 aliphatic rings. The normalized spacial score (nSPS) is 11.0. The van der Waals surface area contributed by atoms with Crippen LogP contribution in [0, 0.1) is 0 Å². The molecule has 0 saturated carbocycles. The predicted molar refractivity (Wildman–Crippen MR) is 121 cm³/mol. The second-order valence-electron chi connectivity index (χ2n) is 7.43. The maximum Gasteiger partial charge on any atom is 0.313 e. The van der Waals surface area contributed by atoms with Crippen LogP contribution in [0.1, 0.15) is 94.8 Å². The van der Waals surface area contributed by atoms with Gasteiger partial charge in [0.15, 0.2) is 5.78 Å². The molecule has 4 nitrogen and oxygen atoms in total. The van der Waals surface area contributed by atoms with Gasteiger partial charge in [-0.25, -0.2) is 0 Å². The quantitative estimate of drug-likeness (QED) is 0.104. The van der Waals surface area contributed by atoms with E-state index in [0.717, 1.165) is 25.1 Å². The number of ether oxygens (including phenoxy) is 1. The highest BCUT2D eigenvalue weighted by atomic mass is 16.5. The van der Waals surface area contributed by atoms with Crippen molar-refractivity contribution in [1.29, 1.82) is 0 Å². The lowest BCUT2D eigenvalue weighted by Gasteiger charge is -2.06. The number of anilines is 1. The molecule has 29 heavy (non-hydrogen) atoms. The Labute approximate surface area is 177 Å². The smallest absolute Gasteiger partial charge is 0.313 e. The van der Waals surface area contributed by atoms with Gasteiger partial charge >= 0.3 is 5.97 Å². The number of esters is 1. The van der Waals surface area contributed by atoms with Crippen LogP contribution < -0.4 is 5.32 Å². The first-order valence-electron chi connectivity index (χ1n) is 11.3. The Morgan fingerprint density at radius 2 is 1.48 bits per heavy atom. The SMILES string of the molecule is CCCCCCCCC/C=C/CCCNc1ccc(C(=O)CC(=O)OCC)cc1. The third kappa shape index (κ3) is 12.9. The molecule has 0 spiro atoms. The lowest BCUT2D eigenvalue weighted by Crippen LogP contribution is -2.11. The van der Waals surface area contributed by atoms with Gasteiger partial charge in [0.25, 0.3) is 0 Å². The Balaban J connectivity index is 2.08. The van der Waals surface area contributed by atoms with Crippen LogP contribution in [-0.4, -0.2) is 24.9 Å². The number of carbonyl (C=O) groups is 2. The van der Waals surface area contributed by atoms with Gasteiger partial charge in [-0.05, 0) is 56.9 Å². The first-order valence-corrected chi connectivity index (χ1v) is 11.3. The highest BCUT2D eigenvalue weighted by Crippen LogP contribution is 2.12. The van der Waals surface area contributed by atoms with E-state index in [1.54, 1.807) is 19.1 Å². The molecule has 1 aromatic rings. The van der Waals surface area contributed by atoms with Crippen LogP contribution in [0.2, 0.25) is 0 Å². The van der Waals surface area contributed by atoms with Crippen LogP contribution in [0.15, 0.2) is 36.4 Å². The van der Waals surface area contributed by atoms with E-state index in [4.69, 9.17) is 4.74 Å². The van der Waals surface area contributed by atoms with Gasteiger partial charge in [0.05, 0.1) is 6.61 Å². The van der Waals surface area contributed by atoms with Gasteiger partial charge in [0, 0.05) is 17.8 Å². The number of allylic oxidation sites excluding steroid dienone is 2. The number of hydrogen-bond acceptors (Lipinski definition) is 4. The average molecular weight is 402 g/mol. The first-order chi connectivity index (χ1) is 14.2. The van der Waals surface area contributed by atoms with Gasteiger partial charge in [0.1, 0.15) is 6.42 Å². The van der Waals surface area contributed by atoms with Crippen LogP contribution in [-0.2, 0) is 9.53 Å². The summed E-state index contributed by atoms with van der Waals surface area (Å²) in [5, 5.41) is 3.37. The highest BCUT2D eigenvalue weighted by molar-refractivity contribution is 6.06. The Bertz CT molecular complexity index is 593. The topological polar surface area (TPSA) is 55.4 Å². The Morgan fingerprint density at radius 3 is 2.14 bits per heavy atom. The van der Waals surface area contributed by atoms with E-state index in [1.165, 1.54) is 51.4 Å². The molecule has 0 bridgehead atoms. The minimum Gasteiger partial charge on any atom is -0.466 e. The average Bonchev–Trinajstić information content (AvgIpc) is 2.72. The highest BCUT2D eigenvalue weighted by Gasteiger charge is 2.12. The van der Waals surface area contributed by atoms with E-state index in [2.05, 4.69) is 24.4 Å². The molecule has 1 N–H and O–H groups in total. The number of unbranched alkanes of at least 4 members (excludes halogenated alkanes) is 8. The summed E-state index contributed by atoms with van der Waals surface area (Å²) in [6, 6.07) is 7.28. The van der Waals surface area contributed by atoms with Crippen LogP contribution in [0.25, 0.3) is 0 Å². The lowest BCUT2D eigenvalue weighted by atomic mass is 10.1. The maximum absolute atomic E-state index is 12.0. The zero-order chi connectivity index (χ0) is 21.2. The summed E-state index contributed by atoms with van der Waals surface area (Å²) in [5.41, 5.74) is 1.53. The molecule has 0 aliphatic heterocycles. The molecule has 1 rings (SSSR count). The van der Waals surface area contributed by atoms with Crippen LogP contribution >= 0.6 is 0 Å². The van der Waals surface area contributed by atoms with Crippen molar-refractivity contribution in [2.24, 2.45) is 0 Å². The Morgan fingerprint density at radius 1 is 0.862 bits per heavy atom. The zero-order valence-electron chi connectivity index (χ0n) is 18.4. The third-order valence-electron chi connectivity index (χ3n) is 4.83. The molecule has 0 unspecified atom stereocenters. The molecule has 0 saturated heterocycles. The van der Waals surface area contributed by atoms with Gasteiger partial charge in [-0.2, -0.15) is 0 Å². The number of nitrogens with one attached hydrogen (secondary N) is 1. The largest absolute Gasteiger partial charge is 0.466 e. The zero-order valence-corrected chi connectivity index (χ0v) is 18.4. The summed E-state index contributed by atoms with van der Waals surface area (Å²) in [6.45, 7) is 5.19. The number of ketones is 1. The van der Waals surface area contributed by atoms with Gasteiger partial charge in [-0.15, -0.1) is 0 Å². The summed E-state index contributed by atoms with van der Waals surface area (Å²) < 4.78 is 4.81. The van der Waals surface area contributed by atoms with Crippen LogP contribution in [0.5, 0.6) is 0 Å². The molecular weight excluding hydrogens is 362 g/mol. The van der Waals surface area contributed by atoms with Crippen LogP contribution in [0.3, 0.4) is 0 Å². The molecule has 0 fully saturated rings. The predicted octanol–water partition coefficient (Wildman–Crippen LogP) is 6.71. The molecule has 0 amide bonds. The molecule has 0 radical (unpaired) electrons. The molecule has 0 heterocycles. The molecule has 0 atom stereocenters. The van der Waals surface area contributed by atoms with Crippen molar-refractivity contribution in [3.8, 4) is 0 Å². The summed E-state index contributed by atoms with van der Waals surface area (Å²) in [4.78, 5) is 23.4. The van der Waals surface area contributed by atoms with E-state index in [9.17, 15) is 9.59 Å². The minimum absolute atomic E-state index is 0.203. The molecular formula is C25H39NO3. The maximum atomic E-state index is 12.0. The van der Waals surface area contributed by atoms with Gasteiger partial charge in [0.2, 0.25) is 0 Å². The monoisotopic (exact) mass is 401 g/mol. The van der Waals surface area contributed by atoms with E-state index in [-0.39, 0.29) is 12.2 Å². The first kappa shape index (κ1) is 24.9. The molecule has 0 aromatic heterocycles. The molecule has 0 aliphatic carbocycles. The second kappa shape index (κ2) is 16.8. The van der Waals surface area contributed by atoms with Gasteiger partial charge in [-0.3, -0.25) is 9.59 Å². The second-order valence-corrected chi connectivity index (χ2v) is 7.43. The number of Topliss-reactive ketones (excluding diaryl/α,β-unsaturated/α-hetero) is 1. The van der Waals surface area contributed by atoms with Crippen molar-refractivity contribution < 1.29 is 14.3 Å². The Kier molecular flexibility index (Phi) is 14.5. The number of carbonyl (C=O) groups excluding carboxylic acids is 2. The van der Waals surface area contributed by atoms with Gasteiger partial charge < -0.3 is 10.1 Å².